The molecule has 2 rings (SSSR count). The SMILES string of the molecule is CCCCCCCC1CCC(CCCOc2ccc(C#N)c(F)c2)CC1. The van der Waals surface area contributed by atoms with Gasteiger partial charge in [0.2, 0.25) is 0 Å². The van der Waals surface area contributed by atoms with Crippen LogP contribution in [0.5, 0.6) is 5.75 Å². The number of ether oxygens (including phenoxy) is 1. The van der Waals surface area contributed by atoms with Crippen LogP contribution in [0.1, 0.15) is 89.5 Å². The number of nitriles is 1. The van der Waals surface area contributed by atoms with Crippen LogP contribution >= 0.6 is 0 Å². The third-order valence-electron chi connectivity index (χ3n) is 5.77. The fourth-order valence-corrected chi connectivity index (χ4v) is 4.08. The van der Waals surface area contributed by atoms with Crippen molar-refractivity contribution in [2.75, 3.05) is 6.61 Å². The summed E-state index contributed by atoms with van der Waals surface area (Å²) in [5, 5.41) is 8.74. The van der Waals surface area contributed by atoms with Crippen molar-refractivity contribution in [3.8, 4) is 11.8 Å². The Hall–Kier alpha value is -1.56. The molecule has 1 aromatic carbocycles. The van der Waals surface area contributed by atoms with Gasteiger partial charge in [-0.25, -0.2) is 4.39 Å². The number of rotatable bonds is 11. The minimum atomic E-state index is -0.502. The third kappa shape index (κ3) is 7.36. The molecular weight excluding hydrogens is 325 g/mol. The normalized spacial score (nSPS) is 19.9. The molecule has 0 saturated heterocycles. The van der Waals surface area contributed by atoms with Crippen molar-refractivity contribution < 1.29 is 9.13 Å². The van der Waals surface area contributed by atoms with Crippen molar-refractivity contribution in [2.45, 2.75) is 84.0 Å². The molecule has 0 radical (unpaired) electrons. The lowest BCUT2D eigenvalue weighted by Crippen LogP contribution is -2.15. The van der Waals surface area contributed by atoms with Gasteiger partial charge in [-0.15, -0.1) is 0 Å². The number of nitrogens with zero attached hydrogens (tertiary/aromatic N) is 1. The molecule has 26 heavy (non-hydrogen) atoms. The standard InChI is InChI=1S/C23H34FNO/c1-2-3-4-5-6-8-19-10-12-20(13-11-19)9-7-16-26-22-15-14-21(18-25)23(24)17-22/h14-15,17,19-20H,2-13,16H2,1H3. The highest BCUT2D eigenvalue weighted by molar-refractivity contribution is 5.36. The van der Waals surface area contributed by atoms with Crippen LogP contribution in [-0.2, 0) is 0 Å². The van der Waals surface area contributed by atoms with Crippen molar-refractivity contribution in [3.05, 3.63) is 29.6 Å². The van der Waals surface area contributed by atoms with Crippen LogP contribution < -0.4 is 4.74 Å². The van der Waals surface area contributed by atoms with Gasteiger partial charge in [0.15, 0.2) is 0 Å². The van der Waals surface area contributed by atoms with E-state index in [0.717, 1.165) is 18.3 Å². The summed E-state index contributed by atoms with van der Waals surface area (Å²) in [6.07, 6.45) is 16.2. The molecule has 0 unspecified atom stereocenters. The topological polar surface area (TPSA) is 33.0 Å². The summed E-state index contributed by atoms with van der Waals surface area (Å²) in [5.41, 5.74) is 0.0690. The predicted molar refractivity (Wildman–Crippen MR) is 105 cm³/mol. The lowest BCUT2D eigenvalue weighted by Gasteiger charge is -2.28. The van der Waals surface area contributed by atoms with E-state index in [1.165, 1.54) is 82.8 Å². The summed E-state index contributed by atoms with van der Waals surface area (Å²) in [6, 6.07) is 6.29. The van der Waals surface area contributed by atoms with Gasteiger partial charge in [0.1, 0.15) is 17.6 Å². The maximum absolute atomic E-state index is 13.5. The van der Waals surface area contributed by atoms with E-state index in [1.54, 1.807) is 6.07 Å². The molecule has 144 valence electrons. The van der Waals surface area contributed by atoms with E-state index in [2.05, 4.69) is 6.92 Å². The Labute approximate surface area is 158 Å². The highest BCUT2D eigenvalue weighted by atomic mass is 19.1. The van der Waals surface area contributed by atoms with Crippen LogP contribution in [0.3, 0.4) is 0 Å². The zero-order valence-corrected chi connectivity index (χ0v) is 16.3. The monoisotopic (exact) mass is 359 g/mol. The van der Waals surface area contributed by atoms with Crippen molar-refractivity contribution in [1.82, 2.24) is 0 Å². The fraction of sp³-hybridized carbons (Fsp3) is 0.696. The number of halogens is 1. The Kier molecular flexibility index (Phi) is 9.53. The Morgan fingerprint density at radius 2 is 1.65 bits per heavy atom. The average molecular weight is 360 g/mol. The molecule has 0 N–H and O–H groups in total. The molecule has 0 aromatic heterocycles. The maximum Gasteiger partial charge on any atom is 0.144 e. The molecule has 0 aliphatic heterocycles. The third-order valence-corrected chi connectivity index (χ3v) is 5.77. The zero-order chi connectivity index (χ0) is 18.6. The summed E-state index contributed by atoms with van der Waals surface area (Å²) >= 11 is 0. The molecule has 0 atom stereocenters. The molecule has 3 heteroatoms. The van der Waals surface area contributed by atoms with Crippen molar-refractivity contribution in [2.24, 2.45) is 11.8 Å². The van der Waals surface area contributed by atoms with E-state index in [4.69, 9.17) is 10.00 Å². The number of unbranched alkanes of at least 4 members (excludes halogenated alkanes) is 4. The zero-order valence-electron chi connectivity index (χ0n) is 16.3. The molecule has 0 amide bonds. The second kappa shape index (κ2) is 11.9. The predicted octanol–water partition coefficient (Wildman–Crippen LogP) is 7.02. The molecule has 0 bridgehead atoms. The first-order valence-corrected chi connectivity index (χ1v) is 10.6. The molecular formula is C23H34FNO. The van der Waals surface area contributed by atoms with Crippen LogP contribution in [0.4, 0.5) is 4.39 Å². The summed E-state index contributed by atoms with van der Waals surface area (Å²) in [4.78, 5) is 0. The smallest absolute Gasteiger partial charge is 0.144 e. The number of hydrogen-bond acceptors (Lipinski definition) is 2. The Morgan fingerprint density at radius 1 is 1.00 bits per heavy atom. The van der Waals surface area contributed by atoms with Gasteiger partial charge in [-0.05, 0) is 36.8 Å². The lowest BCUT2D eigenvalue weighted by atomic mass is 9.78. The van der Waals surface area contributed by atoms with E-state index in [1.807, 2.05) is 6.07 Å². The van der Waals surface area contributed by atoms with Gasteiger partial charge >= 0.3 is 0 Å². The molecule has 0 spiro atoms. The first-order valence-electron chi connectivity index (χ1n) is 10.6. The van der Waals surface area contributed by atoms with Crippen molar-refractivity contribution >= 4 is 0 Å². The second-order valence-corrected chi connectivity index (χ2v) is 7.83. The minimum absolute atomic E-state index is 0.0690. The number of hydrogen-bond donors (Lipinski definition) is 0. The van der Waals surface area contributed by atoms with E-state index in [-0.39, 0.29) is 5.56 Å². The molecule has 1 aliphatic rings. The Balaban J connectivity index is 1.53. The van der Waals surface area contributed by atoms with E-state index < -0.39 is 5.82 Å². The Morgan fingerprint density at radius 3 is 2.27 bits per heavy atom. The van der Waals surface area contributed by atoms with Gasteiger partial charge < -0.3 is 4.74 Å². The average Bonchev–Trinajstić information content (AvgIpc) is 2.66. The highest BCUT2D eigenvalue weighted by Gasteiger charge is 2.20. The van der Waals surface area contributed by atoms with Gasteiger partial charge in [-0.3, -0.25) is 0 Å². The molecule has 0 heterocycles. The van der Waals surface area contributed by atoms with Gasteiger partial charge in [0, 0.05) is 6.07 Å². The highest BCUT2D eigenvalue weighted by Crippen LogP contribution is 2.34. The quantitative estimate of drug-likeness (QED) is 0.398. The molecule has 1 aromatic rings. The van der Waals surface area contributed by atoms with Gasteiger partial charge in [0.25, 0.3) is 0 Å². The summed E-state index contributed by atoms with van der Waals surface area (Å²) < 4.78 is 19.2. The van der Waals surface area contributed by atoms with Crippen LogP contribution in [-0.4, -0.2) is 6.61 Å². The molecule has 1 aliphatic carbocycles. The first kappa shape index (κ1) is 20.7. The maximum atomic E-state index is 13.5. The van der Waals surface area contributed by atoms with E-state index >= 15 is 0 Å². The second-order valence-electron chi connectivity index (χ2n) is 7.83. The van der Waals surface area contributed by atoms with Gasteiger partial charge in [0.05, 0.1) is 12.2 Å². The fourth-order valence-electron chi connectivity index (χ4n) is 4.08. The van der Waals surface area contributed by atoms with Crippen molar-refractivity contribution in [1.29, 1.82) is 5.26 Å². The Bertz CT molecular complexity index is 558. The van der Waals surface area contributed by atoms with Crippen LogP contribution in [0.15, 0.2) is 18.2 Å². The summed E-state index contributed by atoms with van der Waals surface area (Å²) in [6.45, 7) is 2.90. The van der Waals surface area contributed by atoms with Crippen LogP contribution in [0.2, 0.25) is 0 Å². The van der Waals surface area contributed by atoms with Gasteiger partial charge in [-0.2, -0.15) is 5.26 Å². The van der Waals surface area contributed by atoms with Gasteiger partial charge in [-0.1, -0.05) is 71.1 Å². The summed E-state index contributed by atoms with van der Waals surface area (Å²) in [7, 11) is 0. The van der Waals surface area contributed by atoms with Crippen LogP contribution in [0.25, 0.3) is 0 Å². The summed E-state index contributed by atoms with van der Waals surface area (Å²) in [5.74, 6) is 1.82. The van der Waals surface area contributed by atoms with E-state index in [0.29, 0.717) is 12.4 Å². The van der Waals surface area contributed by atoms with E-state index in [9.17, 15) is 4.39 Å². The minimum Gasteiger partial charge on any atom is -0.493 e. The molecule has 1 fully saturated rings. The number of benzene rings is 1. The molecule has 1 saturated carbocycles. The van der Waals surface area contributed by atoms with Crippen molar-refractivity contribution in [3.63, 3.8) is 0 Å². The first-order chi connectivity index (χ1) is 12.7. The largest absolute Gasteiger partial charge is 0.493 e. The lowest BCUT2D eigenvalue weighted by molar-refractivity contribution is 0.227. The molecule has 2 nitrogen and oxygen atoms in total. The van der Waals surface area contributed by atoms with Crippen LogP contribution in [0, 0.1) is 29.0 Å².